The van der Waals surface area contributed by atoms with Crippen molar-refractivity contribution in [3.8, 4) is 0 Å². The molecule has 2 heterocycles. The van der Waals surface area contributed by atoms with E-state index in [2.05, 4.69) is 22.8 Å². The SMILES string of the molecule is COCCN=C1Nc2ccccc2CNC12CCN(C(=O)C(C)(C)C)C2. The van der Waals surface area contributed by atoms with E-state index in [-0.39, 0.29) is 16.9 Å². The van der Waals surface area contributed by atoms with Crippen molar-refractivity contribution in [2.24, 2.45) is 10.4 Å². The first-order valence-electron chi connectivity index (χ1n) is 9.29. The summed E-state index contributed by atoms with van der Waals surface area (Å²) < 4.78 is 5.17. The summed E-state index contributed by atoms with van der Waals surface area (Å²) in [6, 6.07) is 8.27. The summed E-state index contributed by atoms with van der Waals surface area (Å²) in [6.07, 6.45) is 0.849. The summed E-state index contributed by atoms with van der Waals surface area (Å²) >= 11 is 0. The maximum Gasteiger partial charge on any atom is 0.228 e. The van der Waals surface area contributed by atoms with Crippen molar-refractivity contribution in [3.05, 3.63) is 29.8 Å². The fourth-order valence-electron chi connectivity index (χ4n) is 3.63. The molecule has 1 aromatic carbocycles. The van der Waals surface area contributed by atoms with Crippen LogP contribution in [0.1, 0.15) is 32.8 Å². The van der Waals surface area contributed by atoms with E-state index in [1.165, 1.54) is 5.56 Å². The summed E-state index contributed by atoms with van der Waals surface area (Å²) in [5.74, 6) is 1.10. The van der Waals surface area contributed by atoms with Crippen LogP contribution in [0.4, 0.5) is 5.69 Å². The standard InChI is InChI=1S/C20H30N4O2/c1-19(2,3)18(25)24-11-9-20(14-24)17(21-10-12-26-4)23-16-8-6-5-7-15(16)13-22-20/h5-8,22H,9-14H2,1-4H3,(H,21,23). The number of methoxy groups -OCH3 is 1. The number of benzene rings is 1. The molecule has 1 unspecified atom stereocenters. The predicted molar refractivity (Wildman–Crippen MR) is 104 cm³/mol. The van der Waals surface area contributed by atoms with Gasteiger partial charge in [-0.2, -0.15) is 0 Å². The fourth-order valence-corrected chi connectivity index (χ4v) is 3.63. The van der Waals surface area contributed by atoms with Gasteiger partial charge in [0.1, 0.15) is 5.84 Å². The molecule has 2 aliphatic rings. The number of aliphatic imine (C=N–C) groups is 1. The Morgan fingerprint density at radius 2 is 2.12 bits per heavy atom. The Balaban J connectivity index is 1.89. The molecule has 1 amide bonds. The van der Waals surface area contributed by atoms with Crippen molar-refractivity contribution in [1.29, 1.82) is 0 Å². The molecular formula is C20H30N4O2. The highest BCUT2D eigenvalue weighted by atomic mass is 16.5. The predicted octanol–water partition coefficient (Wildman–Crippen LogP) is 2.26. The van der Waals surface area contributed by atoms with Gasteiger partial charge in [0.2, 0.25) is 5.91 Å². The Labute approximate surface area is 156 Å². The van der Waals surface area contributed by atoms with Crippen molar-refractivity contribution < 1.29 is 9.53 Å². The van der Waals surface area contributed by atoms with Crippen LogP contribution in [0.25, 0.3) is 0 Å². The largest absolute Gasteiger partial charge is 0.383 e. The number of carbonyl (C=O) groups is 1. The lowest BCUT2D eigenvalue weighted by Gasteiger charge is -2.32. The van der Waals surface area contributed by atoms with E-state index < -0.39 is 0 Å². The average molecular weight is 358 g/mol. The number of ether oxygens (including phenoxy) is 1. The summed E-state index contributed by atoms with van der Waals surface area (Å²) in [5.41, 5.74) is 1.58. The average Bonchev–Trinajstić information content (AvgIpc) is 2.97. The number of fused-ring (bicyclic) bond motifs is 1. The molecule has 0 aromatic heterocycles. The smallest absolute Gasteiger partial charge is 0.228 e. The minimum absolute atomic E-state index is 0.189. The zero-order chi connectivity index (χ0) is 18.8. The Kier molecular flexibility index (Phi) is 5.34. The number of amides is 1. The van der Waals surface area contributed by atoms with Crippen LogP contribution in [0.3, 0.4) is 0 Å². The second kappa shape index (κ2) is 7.37. The Hall–Kier alpha value is -1.92. The van der Waals surface area contributed by atoms with E-state index >= 15 is 0 Å². The molecule has 2 aliphatic heterocycles. The molecule has 1 atom stereocenters. The number of hydrogen-bond donors (Lipinski definition) is 2. The second-order valence-corrected chi connectivity index (χ2v) is 8.17. The minimum Gasteiger partial charge on any atom is -0.383 e. The third-order valence-electron chi connectivity index (χ3n) is 5.10. The lowest BCUT2D eigenvalue weighted by molar-refractivity contribution is -0.138. The number of anilines is 1. The van der Waals surface area contributed by atoms with Gasteiger partial charge in [0.05, 0.1) is 18.7 Å². The minimum atomic E-state index is -0.375. The molecule has 1 fully saturated rings. The van der Waals surface area contributed by atoms with Gasteiger partial charge >= 0.3 is 0 Å². The molecule has 6 heteroatoms. The van der Waals surface area contributed by atoms with Crippen LogP contribution in [-0.2, 0) is 16.1 Å². The van der Waals surface area contributed by atoms with E-state index in [9.17, 15) is 4.79 Å². The van der Waals surface area contributed by atoms with E-state index in [0.29, 0.717) is 19.7 Å². The number of nitrogens with one attached hydrogen (secondary N) is 2. The Morgan fingerprint density at radius 1 is 1.35 bits per heavy atom. The van der Waals surface area contributed by atoms with Gasteiger partial charge in [-0.15, -0.1) is 0 Å². The number of rotatable bonds is 3. The highest BCUT2D eigenvalue weighted by molar-refractivity contribution is 6.04. The van der Waals surface area contributed by atoms with Gasteiger partial charge in [0.25, 0.3) is 0 Å². The molecule has 2 N–H and O–H groups in total. The van der Waals surface area contributed by atoms with E-state index in [0.717, 1.165) is 31.0 Å². The van der Waals surface area contributed by atoms with E-state index in [1.807, 2.05) is 37.8 Å². The molecule has 1 aromatic rings. The molecule has 6 nitrogen and oxygen atoms in total. The molecule has 3 rings (SSSR count). The summed E-state index contributed by atoms with van der Waals surface area (Å²) in [5, 5.41) is 7.24. The third-order valence-corrected chi connectivity index (χ3v) is 5.10. The van der Waals surface area contributed by atoms with Crippen molar-refractivity contribution in [1.82, 2.24) is 10.2 Å². The van der Waals surface area contributed by atoms with Crippen molar-refractivity contribution in [2.45, 2.75) is 39.3 Å². The van der Waals surface area contributed by atoms with Gasteiger partial charge in [-0.25, -0.2) is 0 Å². The van der Waals surface area contributed by atoms with Gasteiger partial charge in [-0.1, -0.05) is 39.0 Å². The van der Waals surface area contributed by atoms with E-state index in [4.69, 9.17) is 9.73 Å². The molecule has 0 saturated carbocycles. The summed E-state index contributed by atoms with van der Waals surface area (Å²) in [6.45, 7) is 9.23. The molecule has 26 heavy (non-hydrogen) atoms. The van der Waals surface area contributed by atoms with E-state index in [1.54, 1.807) is 7.11 Å². The summed E-state index contributed by atoms with van der Waals surface area (Å²) in [4.78, 5) is 19.6. The normalized spacial score (nSPS) is 24.5. The molecule has 142 valence electrons. The number of likely N-dealkylation sites (tertiary alicyclic amines) is 1. The lowest BCUT2D eigenvalue weighted by atomic mass is 9.94. The first-order valence-corrected chi connectivity index (χ1v) is 9.29. The zero-order valence-electron chi connectivity index (χ0n) is 16.3. The van der Waals surface area contributed by atoms with Gasteiger partial charge in [-0.05, 0) is 18.1 Å². The van der Waals surface area contributed by atoms with Crippen molar-refractivity contribution >= 4 is 17.4 Å². The number of hydrogen-bond acceptors (Lipinski definition) is 4. The number of nitrogens with zero attached hydrogens (tertiary/aromatic N) is 2. The molecule has 0 bridgehead atoms. The summed E-state index contributed by atoms with van der Waals surface area (Å²) in [7, 11) is 1.68. The van der Waals surface area contributed by atoms with Crippen molar-refractivity contribution in [3.63, 3.8) is 0 Å². The van der Waals surface area contributed by atoms with Crippen molar-refractivity contribution in [2.75, 3.05) is 38.7 Å². The fraction of sp³-hybridized carbons (Fsp3) is 0.600. The maximum atomic E-state index is 12.8. The molecule has 1 spiro atoms. The number of para-hydroxylation sites is 1. The maximum absolute atomic E-state index is 12.8. The molecular weight excluding hydrogens is 328 g/mol. The Bertz CT molecular complexity index is 695. The number of carbonyl (C=O) groups excluding carboxylic acids is 1. The van der Waals surface area contributed by atoms with Gasteiger partial charge in [-0.3, -0.25) is 15.1 Å². The van der Waals surface area contributed by atoms with Gasteiger partial charge < -0.3 is 15.0 Å². The van der Waals surface area contributed by atoms with Crippen LogP contribution in [-0.4, -0.2) is 55.5 Å². The third kappa shape index (κ3) is 3.76. The topological polar surface area (TPSA) is 66.0 Å². The zero-order valence-corrected chi connectivity index (χ0v) is 16.3. The first-order chi connectivity index (χ1) is 12.4. The van der Waals surface area contributed by atoms with Crippen LogP contribution in [0.15, 0.2) is 29.3 Å². The molecule has 0 aliphatic carbocycles. The first kappa shape index (κ1) is 18.9. The second-order valence-electron chi connectivity index (χ2n) is 8.17. The molecule has 1 saturated heterocycles. The van der Waals surface area contributed by atoms with Crippen LogP contribution >= 0.6 is 0 Å². The van der Waals surface area contributed by atoms with Crippen LogP contribution in [0.5, 0.6) is 0 Å². The van der Waals surface area contributed by atoms with Crippen LogP contribution < -0.4 is 10.6 Å². The lowest BCUT2D eigenvalue weighted by Crippen LogP contribution is -2.56. The monoisotopic (exact) mass is 358 g/mol. The van der Waals surface area contributed by atoms with Crippen LogP contribution in [0.2, 0.25) is 0 Å². The van der Waals surface area contributed by atoms with Crippen LogP contribution in [0, 0.1) is 5.41 Å². The van der Waals surface area contributed by atoms with Gasteiger partial charge in [0, 0.05) is 37.8 Å². The van der Waals surface area contributed by atoms with Gasteiger partial charge in [0.15, 0.2) is 0 Å². The highest BCUT2D eigenvalue weighted by Crippen LogP contribution is 2.31. The molecule has 0 radical (unpaired) electrons. The highest BCUT2D eigenvalue weighted by Gasteiger charge is 2.46. The number of amidine groups is 1. The Morgan fingerprint density at radius 3 is 2.85 bits per heavy atom. The quantitative estimate of drug-likeness (QED) is 0.814.